The minimum atomic E-state index is -0.647. The second kappa shape index (κ2) is 15.3. The maximum atomic E-state index is 8.53. The van der Waals surface area contributed by atoms with E-state index in [1.165, 1.54) is 0 Å². The third kappa shape index (κ3) is 18.6. The summed E-state index contributed by atoms with van der Waals surface area (Å²) < 4.78 is 4.73. The van der Waals surface area contributed by atoms with Crippen LogP contribution in [0.25, 0.3) is 0 Å². The van der Waals surface area contributed by atoms with E-state index in [4.69, 9.17) is 55.0 Å². The van der Waals surface area contributed by atoms with Crippen LogP contribution in [0.4, 0.5) is 0 Å². The Kier molecular flexibility index (Phi) is 17.5. The lowest BCUT2D eigenvalue weighted by Gasteiger charge is -1.96. The minimum Gasteiger partial charge on any atom is -0.392 e. The number of ether oxygens (including phenoxy) is 1. The maximum Gasteiger partial charge on any atom is 0.0944 e. The van der Waals surface area contributed by atoms with Gasteiger partial charge in [0.1, 0.15) is 0 Å². The van der Waals surface area contributed by atoms with Crippen molar-refractivity contribution in [3.63, 3.8) is 0 Å². The number of alkyl halides is 3. The maximum absolute atomic E-state index is 8.53. The molecule has 7 heteroatoms. The van der Waals surface area contributed by atoms with Crippen molar-refractivity contribution in [1.82, 2.24) is 0 Å². The first-order chi connectivity index (χ1) is 8.55. The van der Waals surface area contributed by atoms with Crippen molar-refractivity contribution in [2.75, 3.05) is 24.2 Å². The van der Waals surface area contributed by atoms with E-state index in [9.17, 15) is 0 Å². The van der Waals surface area contributed by atoms with Gasteiger partial charge in [0.05, 0.1) is 43.3 Å². The van der Waals surface area contributed by atoms with Crippen LogP contribution in [-0.4, -0.2) is 52.8 Å². The van der Waals surface area contributed by atoms with Gasteiger partial charge in [-0.3, -0.25) is 0 Å². The van der Waals surface area contributed by atoms with Crippen LogP contribution in [-0.2, 0) is 4.74 Å². The Hall–Kier alpha value is 0.240. The van der Waals surface area contributed by atoms with Gasteiger partial charge in [-0.15, -0.1) is 34.8 Å². The molecule has 1 aliphatic heterocycles. The Morgan fingerprint density at radius 1 is 1.28 bits per heavy atom. The Balaban J connectivity index is 0. The number of hydrogen-bond donors (Lipinski definition) is 2. The van der Waals surface area contributed by atoms with E-state index >= 15 is 0 Å². The summed E-state index contributed by atoms with van der Waals surface area (Å²) in [6, 6.07) is 1.78. The van der Waals surface area contributed by atoms with Crippen molar-refractivity contribution >= 4 is 34.8 Å². The van der Waals surface area contributed by atoms with Crippen LogP contribution < -0.4 is 0 Å². The summed E-state index contributed by atoms with van der Waals surface area (Å²) in [5.41, 5.74) is 0. The first kappa shape index (κ1) is 20.6. The van der Waals surface area contributed by atoms with Crippen molar-refractivity contribution < 1.29 is 14.9 Å². The highest BCUT2D eigenvalue weighted by atomic mass is 35.5. The molecule has 0 saturated carbocycles. The fraction of sp³-hybridized carbons (Fsp3) is 0.909. The lowest BCUT2D eigenvalue weighted by Crippen LogP contribution is -2.05. The molecule has 18 heavy (non-hydrogen) atoms. The third-order valence-electron chi connectivity index (χ3n) is 1.73. The number of rotatable bonds is 5. The van der Waals surface area contributed by atoms with Gasteiger partial charge in [0.25, 0.3) is 0 Å². The average molecular weight is 321 g/mol. The Bertz CT molecular complexity index is 206. The van der Waals surface area contributed by atoms with Crippen LogP contribution in [0.1, 0.15) is 19.8 Å². The smallest absolute Gasteiger partial charge is 0.0944 e. The molecule has 3 unspecified atom stereocenters. The van der Waals surface area contributed by atoms with Crippen LogP contribution in [0.3, 0.4) is 0 Å². The molecule has 0 radical (unpaired) electrons. The molecule has 0 aromatic heterocycles. The van der Waals surface area contributed by atoms with Crippen molar-refractivity contribution in [3.8, 4) is 6.07 Å². The summed E-state index contributed by atoms with van der Waals surface area (Å²) >= 11 is 15.6. The molecule has 0 spiro atoms. The van der Waals surface area contributed by atoms with E-state index in [0.29, 0.717) is 17.9 Å². The number of hydrogen-bond acceptors (Lipinski definition) is 4. The molecule has 1 heterocycles. The van der Waals surface area contributed by atoms with Gasteiger partial charge in [0.2, 0.25) is 0 Å². The van der Waals surface area contributed by atoms with Gasteiger partial charge >= 0.3 is 0 Å². The molecule has 108 valence electrons. The summed E-state index contributed by atoms with van der Waals surface area (Å²) in [6.45, 7) is 2.77. The van der Waals surface area contributed by atoms with Crippen LogP contribution in [0, 0.1) is 11.3 Å². The second-order valence-corrected chi connectivity index (χ2v) is 4.42. The standard InChI is InChI=1S/C4H6ClNO.C4H9ClO.C3H5ClO/c5-3-4(7)1-2-6;1-2-4(6)3-5;4-1-3-2-5-3/h4,7H,1,3H2;4,6H,2-3H2,1H3;3H,1-2H2. The van der Waals surface area contributed by atoms with Crippen molar-refractivity contribution in [2.45, 2.75) is 38.1 Å². The van der Waals surface area contributed by atoms with Crippen molar-refractivity contribution in [1.29, 1.82) is 5.26 Å². The summed E-state index contributed by atoms with van der Waals surface area (Å²) in [6.07, 6.45) is 0.336. The number of aliphatic hydroxyl groups is 2. The molecule has 1 fully saturated rings. The normalized spacial score (nSPS) is 19.3. The molecule has 0 aromatic rings. The quantitative estimate of drug-likeness (QED) is 0.601. The zero-order chi connectivity index (χ0) is 14.4. The highest BCUT2D eigenvalue weighted by molar-refractivity contribution is 6.18. The number of nitrogens with zero attached hydrogens (tertiary/aromatic N) is 1. The first-order valence-electron chi connectivity index (χ1n) is 5.58. The van der Waals surface area contributed by atoms with Crippen LogP contribution in [0.15, 0.2) is 0 Å². The molecular weight excluding hydrogens is 300 g/mol. The summed E-state index contributed by atoms with van der Waals surface area (Å²) in [7, 11) is 0. The second-order valence-electron chi connectivity index (χ2n) is 3.50. The number of aliphatic hydroxyl groups excluding tert-OH is 2. The number of nitriles is 1. The van der Waals surface area contributed by atoms with E-state index < -0.39 is 6.10 Å². The summed E-state index contributed by atoms with van der Waals surface area (Å²) in [5, 5.41) is 24.9. The lowest BCUT2D eigenvalue weighted by atomic mass is 10.3. The zero-order valence-corrected chi connectivity index (χ0v) is 12.6. The molecule has 1 aliphatic rings. The van der Waals surface area contributed by atoms with Gasteiger partial charge in [0, 0.05) is 11.8 Å². The third-order valence-corrected chi connectivity index (χ3v) is 2.79. The van der Waals surface area contributed by atoms with Crippen molar-refractivity contribution in [3.05, 3.63) is 0 Å². The van der Waals surface area contributed by atoms with Crippen LogP contribution in [0.5, 0.6) is 0 Å². The molecule has 2 N–H and O–H groups in total. The predicted octanol–water partition coefficient (Wildman–Crippen LogP) is 2.12. The van der Waals surface area contributed by atoms with Gasteiger partial charge in [-0.1, -0.05) is 6.92 Å². The Morgan fingerprint density at radius 3 is 1.83 bits per heavy atom. The lowest BCUT2D eigenvalue weighted by molar-refractivity contribution is 0.194. The molecular formula is C11H20Cl3NO3. The molecule has 1 saturated heterocycles. The van der Waals surface area contributed by atoms with Crippen LogP contribution in [0.2, 0.25) is 0 Å². The highest BCUT2D eigenvalue weighted by Gasteiger charge is 2.19. The van der Waals surface area contributed by atoms with Gasteiger partial charge < -0.3 is 14.9 Å². The average Bonchev–Trinajstić information content (AvgIpc) is 3.23. The largest absolute Gasteiger partial charge is 0.392 e. The SMILES string of the molecule is CCC(O)CCl.ClCC1CO1.N#CCC(O)CCl. The molecule has 1 rings (SSSR count). The minimum absolute atomic E-state index is 0.128. The predicted molar refractivity (Wildman–Crippen MR) is 74.4 cm³/mol. The highest BCUT2D eigenvalue weighted by Crippen LogP contribution is 2.08. The molecule has 4 nitrogen and oxygen atoms in total. The van der Waals surface area contributed by atoms with E-state index in [0.717, 1.165) is 13.0 Å². The molecule has 3 atom stereocenters. The van der Waals surface area contributed by atoms with E-state index in [1.54, 1.807) is 6.07 Å². The topological polar surface area (TPSA) is 76.8 Å². The van der Waals surface area contributed by atoms with E-state index in [2.05, 4.69) is 0 Å². The Labute approximate surface area is 123 Å². The number of halogens is 3. The fourth-order valence-electron chi connectivity index (χ4n) is 0.426. The molecule has 0 aromatic carbocycles. The van der Waals surface area contributed by atoms with Gasteiger partial charge in [-0.25, -0.2) is 0 Å². The number of epoxide rings is 1. The van der Waals surface area contributed by atoms with Gasteiger partial charge in [-0.2, -0.15) is 5.26 Å². The molecule has 0 amide bonds. The van der Waals surface area contributed by atoms with Crippen molar-refractivity contribution in [2.24, 2.45) is 0 Å². The fourth-order valence-corrected chi connectivity index (χ4v) is 0.932. The first-order valence-corrected chi connectivity index (χ1v) is 7.18. The van der Waals surface area contributed by atoms with Gasteiger partial charge in [-0.05, 0) is 6.42 Å². The molecule has 0 bridgehead atoms. The Morgan fingerprint density at radius 2 is 1.78 bits per heavy atom. The van der Waals surface area contributed by atoms with Gasteiger partial charge in [0.15, 0.2) is 0 Å². The van der Waals surface area contributed by atoms with E-state index in [1.807, 2.05) is 6.92 Å². The monoisotopic (exact) mass is 319 g/mol. The summed E-state index contributed by atoms with van der Waals surface area (Å²) in [4.78, 5) is 0. The van der Waals surface area contributed by atoms with Crippen LogP contribution >= 0.6 is 34.8 Å². The molecule has 0 aliphatic carbocycles. The van der Waals surface area contributed by atoms with E-state index in [-0.39, 0.29) is 18.4 Å². The zero-order valence-electron chi connectivity index (χ0n) is 10.4. The summed E-state index contributed by atoms with van der Waals surface area (Å²) in [5.74, 6) is 1.17.